The number of aromatic nitrogens is 1. The summed E-state index contributed by atoms with van der Waals surface area (Å²) in [5.41, 5.74) is 11.2. The van der Waals surface area contributed by atoms with Crippen LogP contribution in [0.15, 0.2) is 30.3 Å². The van der Waals surface area contributed by atoms with E-state index < -0.39 is 0 Å². The van der Waals surface area contributed by atoms with Crippen molar-refractivity contribution in [1.29, 1.82) is 0 Å². The number of benzene rings is 1. The summed E-state index contributed by atoms with van der Waals surface area (Å²) in [6.45, 7) is 2.92. The molecule has 1 aliphatic rings. The van der Waals surface area contributed by atoms with Gasteiger partial charge in [-0.2, -0.15) is 0 Å². The van der Waals surface area contributed by atoms with Crippen molar-refractivity contribution in [3.8, 4) is 0 Å². The molecule has 100 valence electrons. The summed E-state index contributed by atoms with van der Waals surface area (Å²) in [6.07, 6.45) is 3.33. The SMILES string of the molecule is Cc1cc2c(n1Cc1ccc(F)cc1)CCCC2N. The van der Waals surface area contributed by atoms with Gasteiger partial charge in [-0.15, -0.1) is 0 Å². The number of fused-ring (bicyclic) bond motifs is 1. The maximum absolute atomic E-state index is 12.9. The van der Waals surface area contributed by atoms with E-state index in [0.29, 0.717) is 0 Å². The zero-order valence-corrected chi connectivity index (χ0v) is 11.2. The molecular weight excluding hydrogens is 239 g/mol. The van der Waals surface area contributed by atoms with E-state index in [9.17, 15) is 4.39 Å². The van der Waals surface area contributed by atoms with E-state index in [2.05, 4.69) is 17.6 Å². The fourth-order valence-corrected chi connectivity index (χ4v) is 2.99. The Balaban J connectivity index is 1.95. The molecule has 19 heavy (non-hydrogen) atoms. The molecule has 1 aliphatic carbocycles. The fourth-order valence-electron chi connectivity index (χ4n) is 2.99. The highest BCUT2D eigenvalue weighted by Crippen LogP contribution is 2.31. The van der Waals surface area contributed by atoms with Gasteiger partial charge in [0.25, 0.3) is 0 Å². The highest BCUT2D eigenvalue weighted by molar-refractivity contribution is 5.33. The predicted octanol–water partition coefficient (Wildman–Crippen LogP) is 3.32. The van der Waals surface area contributed by atoms with Crippen LogP contribution >= 0.6 is 0 Å². The van der Waals surface area contributed by atoms with Gasteiger partial charge in [-0.3, -0.25) is 0 Å². The zero-order valence-electron chi connectivity index (χ0n) is 11.2. The van der Waals surface area contributed by atoms with Crippen LogP contribution in [-0.2, 0) is 13.0 Å². The van der Waals surface area contributed by atoms with Crippen LogP contribution < -0.4 is 5.73 Å². The molecule has 2 aromatic rings. The van der Waals surface area contributed by atoms with Gasteiger partial charge in [-0.25, -0.2) is 4.39 Å². The number of hydrogen-bond donors (Lipinski definition) is 1. The number of halogens is 1. The quantitative estimate of drug-likeness (QED) is 0.880. The monoisotopic (exact) mass is 258 g/mol. The van der Waals surface area contributed by atoms with Crippen LogP contribution in [0, 0.1) is 12.7 Å². The van der Waals surface area contributed by atoms with Gasteiger partial charge in [-0.1, -0.05) is 12.1 Å². The molecule has 3 heteroatoms. The van der Waals surface area contributed by atoms with E-state index in [0.717, 1.165) is 31.4 Å². The van der Waals surface area contributed by atoms with Crippen LogP contribution in [0.1, 0.15) is 41.4 Å². The summed E-state index contributed by atoms with van der Waals surface area (Å²) in [7, 11) is 0. The molecule has 0 saturated carbocycles. The van der Waals surface area contributed by atoms with Crippen molar-refractivity contribution in [3.63, 3.8) is 0 Å². The smallest absolute Gasteiger partial charge is 0.123 e. The van der Waals surface area contributed by atoms with E-state index in [1.807, 2.05) is 12.1 Å². The van der Waals surface area contributed by atoms with E-state index in [1.54, 1.807) is 0 Å². The minimum Gasteiger partial charge on any atom is -0.344 e. The summed E-state index contributed by atoms with van der Waals surface area (Å²) in [5, 5.41) is 0. The molecule has 1 atom stereocenters. The normalized spacial score (nSPS) is 18.4. The minimum absolute atomic E-state index is 0.178. The van der Waals surface area contributed by atoms with Gasteiger partial charge in [0.1, 0.15) is 5.82 Å². The molecule has 1 aromatic carbocycles. The molecule has 0 amide bonds. The number of nitrogens with zero attached hydrogens (tertiary/aromatic N) is 1. The first-order valence-electron chi connectivity index (χ1n) is 6.84. The Bertz CT molecular complexity index is 584. The molecule has 0 saturated heterocycles. The Kier molecular flexibility index (Phi) is 3.15. The van der Waals surface area contributed by atoms with Crippen LogP contribution in [0.2, 0.25) is 0 Å². The van der Waals surface area contributed by atoms with E-state index in [1.165, 1.54) is 29.1 Å². The lowest BCUT2D eigenvalue weighted by Crippen LogP contribution is -2.18. The van der Waals surface area contributed by atoms with Gasteiger partial charge < -0.3 is 10.3 Å². The highest BCUT2D eigenvalue weighted by atomic mass is 19.1. The molecule has 1 aromatic heterocycles. The first-order chi connectivity index (χ1) is 9.15. The topological polar surface area (TPSA) is 30.9 Å². The van der Waals surface area contributed by atoms with Crippen molar-refractivity contribution in [3.05, 3.63) is 58.7 Å². The predicted molar refractivity (Wildman–Crippen MR) is 74.5 cm³/mol. The summed E-state index contributed by atoms with van der Waals surface area (Å²) in [6, 6.07) is 9.13. The third-order valence-electron chi connectivity index (χ3n) is 4.03. The number of nitrogens with two attached hydrogens (primary N) is 1. The van der Waals surface area contributed by atoms with Crippen molar-refractivity contribution in [2.24, 2.45) is 5.73 Å². The van der Waals surface area contributed by atoms with E-state index in [4.69, 9.17) is 5.73 Å². The summed E-state index contributed by atoms with van der Waals surface area (Å²) >= 11 is 0. The average molecular weight is 258 g/mol. The Morgan fingerprint density at radius 2 is 2.05 bits per heavy atom. The third kappa shape index (κ3) is 2.30. The number of hydrogen-bond acceptors (Lipinski definition) is 1. The van der Waals surface area contributed by atoms with E-state index >= 15 is 0 Å². The lowest BCUT2D eigenvalue weighted by molar-refractivity contribution is 0.546. The first kappa shape index (κ1) is 12.4. The molecule has 1 heterocycles. The highest BCUT2D eigenvalue weighted by Gasteiger charge is 2.21. The second-order valence-electron chi connectivity index (χ2n) is 5.40. The largest absolute Gasteiger partial charge is 0.344 e. The molecule has 3 rings (SSSR count). The second kappa shape index (κ2) is 4.82. The van der Waals surface area contributed by atoms with Crippen LogP contribution in [0.3, 0.4) is 0 Å². The lowest BCUT2D eigenvalue weighted by Gasteiger charge is -2.21. The Labute approximate surface area is 113 Å². The second-order valence-corrected chi connectivity index (χ2v) is 5.40. The molecule has 0 radical (unpaired) electrons. The van der Waals surface area contributed by atoms with Crippen LogP contribution in [0.25, 0.3) is 0 Å². The summed E-state index contributed by atoms with van der Waals surface area (Å²) in [4.78, 5) is 0. The molecule has 0 bridgehead atoms. The lowest BCUT2D eigenvalue weighted by atomic mass is 9.93. The van der Waals surface area contributed by atoms with Crippen molar-refractivity contribution < 1.29 is 4.39 Å². The zero-order chi connectivity index (χ0) is 13.4. The van der Waals surface area contributed by atoms with Crippen molar-refractivity contribution in [1.82, 2.24) is 4.57 Å². The molecule has 0 fully saturated rings. The van der Waals surface area contributed by atoms with Crippen LogP contribution in [-0.4, -0.2) is 4.57 Å². The maximum Gasteiger partial charge on any atom is 0.123 e. The average Bonchev–Trinajstić information content (AvgIpc) is 2.71. The minimum atomic E-state index is -0.183. The van der Waals surface area contributed by atoms with Crippen LogP contribution in [0.5, 0.6) is 0 Å². The number of aryl methyl sites for hydroxylation is 1. The van der Waals surface area contributed by atoms with Crippen molar-refractivity contribution >= 4 is 0 Å². The molecule has 0 spiro atoms. The first-order valence-corrected chi connectivity index (χ1v) is 6.84. The van der Waals surface area contributed by atoms with Crippen molar-refractivity contribution in [2.75, 3.05) is 0 Å². The Morgan fingerprint density at radius 3 is 2.79 bits per heavy atom. The summed E-state index contributed by atoms with van der Waals surface area (Å²) in [5.74, 6) is -0.183. The maximum atomic E-state index is 12.9. The molecule has 0 aliphatic heterocycles. The van der Waals surface area contributed by atoms with Gasteiger partial charge in [-0.05, 0) is 55.5 Å². The molecule has 2 N–H and O–H groups in total. The van der Waals surface area contributed by atoms with Gasteiger partial charge in [0.05, 0.1) is 0 Å². The van der Waals surface area contributed by atoms with Crippen molar-refractivity contribution in [2.45, 2.75) is 38.8 Å². The van der Waals surface area contributed by atoms with Gasteiger partial charge in [0, 0.05) is 24.0 Å². The summed E-state index contributed by atoms with van der Waals surface area (Å²) < 4.78 is 15.3. The standard InChI is InChI=1S/C16H19FN2/c1-11-9-14-15(18)3-2-4-16(14)19(11)10-12-5-7-13(17)8-6-12/h5-9,15H,2-4,10,18H2,1H3. The Hall–Kier alpha value is -1.61. The van der Waals surface area contributed by atoms with E-state index in [-0.39, 0.29) is 11.9 Å². The van der Waals surface area contributed by atoms with Gasteiger partial charge in [0.2, 0.25) is 0 Å². The Morgan fingerprint density at radius 1 is 1.32 bits per heavy atom. The third-order valence-corrected chi connectivity index (χ3v) is 4.03. The number of rotatable bonds is 2. The molecule has 1 unspecified atom stereocenters. The van der Waals surface area contributed by atoms with Gasteiger partial charge >= 0.3 is 0 Å². The molecular formula is C16H19FN2. The fraction of sp³-hybridized carbons (Fsp3) is 0.375. The van der Waals surface area contributed by atoms with Crippen LogP contribution in [0.4, 0.5) is 4.39 Å². The molecule has 2 nitrogen and oxygen atoms in total. The van der Waals surface area contributed by atoms with Gasteiger partial charge in [0.15, 0.2) is 0 Å².